The van der Waals surface area contributed by atoms with Crippen molar-refractivity contribution < 1.29 is 4.39 Å². The van der Waals surface area contributed by atoms with Crippen LogP contribution in [0.15, 0.2) is 97.5 Å². The van der Waals surface area contributed by atoms with E-state index in [0.29, 0.717) is 17.3 Å². The molecule has 4 heterocycles. The molecule has 0 saturated heterocycles. The monoisotopic (exact) mass is 530 g/mol. The number of rotatable bonds is 8. The van der Waals surface area contributed by atoms with Crippen molar-refractivity contribution in [1.29, 1.82) is 0 Å². The molecule has 0 aliphatic heterocycles. The van der Waals surface area contributed by atoms with Crippen molar-refractivity contribution in [2.45, 2.75) is 32.6 Å². The highest BCUT2D eigenvalue weighted by Crippen LogP contribution is 2.33. The van der Waals surface area contributed by atoms with Gasteiger partial charge in [-0.05, 0) is 79.8 Å². The van der Waals surface area contributed by atoms with Crippen LogP contribution in [0.4, 0.5) is 4.39 Å². The number of nitrogens with one attached hydrogen (secondary N) is 3. The highest BCUT2D eigenvalue weighted by atomic mass is 19.1. The van der Waals surface area contributed by atoms with Gasteiger partial charge in [0.25, 0.3) is 0 Å². The molecule has 6 rings (SSSR count). The summed E-state index contributed by atoms with van der Waals surface area (Å²) in [5.41, 5.74) is 9.12. The number of fused-ring (bicyclic) bond motifs is 2. The van der Waals surface area contributed by atoms with Crippen molar-refractivity contribution in [1.82, 2.24) is 30.5 Å². The normalized spacial score (nSPS) is 14.8. The fourth-order valence-corrected chi connectivity index (χ4v) is 5.48. The molecule has 0 radical (unpaired) electrons. The van der Waals surface area contributed by atoms with Crippen molar-refractivity contribution in [3.05, 3.63) is 109 Å². The van der Waals surface area contributed by atoms with E-state index in [-0.39, 0.29) is 5.82 Å². The molecule has 3 N–H and O–H groups in total. The second-order valence-corrected chi connectivity index (χ2v) is 10.2. The summed E-state index contributed by atoms with van der Waals surface area (Å²) in [5.74, 6) is 0.210. The van der Waals surface area contributed by atoms with Crippen LogP contribution < -0.4 is 5.32 Å². The molecule has 6 nitrogen and oxygen atoms in total. The van der Waals surface area contributed by atoms with Crippen LogP contribution in [0, 0.1) is 11.7 Å². The molecule has 1 aromatic carbocycles. The van der Waals surface area contributed by atoms with E-state index in [1.807, 2.05) is 49.4 Å². The minimum atomic E-state index is -0.298. The Hall–Kier alpha value is -4.78. The van der Waals surface area contributed by atoms with Crippen LogP contribution in [-0.4, -0.2) is 25.1 Å². The Balaban J connectivity index is 1.36. The average Bonchev–Trinajstić information content (AvgIpc) is 3.74. The Morgan fingerprint density at radius 3 is 2.70 bits per heavy atom. The summed E-state index contributed by atoms with van der Waals surface area (Å²) in [4.78, 5) is 13.0. The summed E-state index contributed by atoms with van der Waals surface area (Å²) in [6, 6.07) is 14.4. The molecule has 1 fully saturated rings. The molecule has 0 amide bonds. The number of benzene rings is 1. The Kier molecular flexibility index (Phi) is 6.86. The Morgan fingerprint density at radius 1 is 1.07 bits per heavy atom. The molecule has 1 aliphatic carbocycles. The SMILES string of the molecule is C=C/C(=C\C(=C/C)c1ccc2[nH]nc(-c3cc4c(-c5cccc(F)c5)nccc4[nH]3)c2n1)NC(=C)C1CCCC1. The maximum atomic E-state index is 13.9. The summed E-state index contributed by atoms with van der Waals surface area (Å²) in [6.45, 7) is 10.3. The molecule has 0 atom stereocenters. The van der Waals surface area contributed by atoms with Crippen LogP contribution in [0.1, 0.15) is 38.3 Å². The van der Waals surface area contributed by atoms with E-state index in [1.54, 1.807) is 12.3 Å². The molecule has 1 saturated carbocycles. The van der Waals surface area contributed by atoms with Crippen LogP contribution in [0.5, 0.6) is 0 Å². The Labute approximate surface area is 232 Å². The van der Waals surface area contributed by atoms with E-state index in [2.05, 4.69) is 44.7 Å². The van der Waals surface area contributed by atoms with Gasteiger partial charge in [0.1, 0.15) is 17.0 Å². The molecular weight excluding hydrogens is 499 g/mol. The Morgan fingerprint density at radius 2 is 1.93 bits per heavy atom. The van der Waals surface area contributed by atoms with Crippen molar-refractivity contribution in [2.75, 3.05) is 0 Å². The first-order valence-electron chi connectivity index (χ1n) is 13.6. The van der Waals surface area contributed by atoms with Gasteiger partial charge in [0, 0.05) is 34.1 Å². The number of H-pyrrole nitrogens is 2. The quantitative estimate of drug-likeness (QED) is 0.177. The third-order valence-corrected chi connectivity index (χ3v) is 7.60. The summed E-state index contributed by atoms with van der Waals surface area (Å²) in [6.07, 6.45) is 12.5. The topological polar surface area (TPSA) is 82.3 Å². The first-order chi connectivity index (χ1) is 19.5. The van der Waals surface area contributed by atoms with Crippen molar-refractivity contribution in [3.63, 3.8) is 0 Å². The van der Waals surface area contributed by atoms with Gasteiger partial charge in [-0.2, -0.15) is 5.10 Å². The number of pyridine rings is 2. The fraction of sp³-hybridized carbons (Fsp3) is 0.182. The maximum Gasteiger partial charge on any atom is 0.135 e. The zero-order valence-corrected chi connectivity index (χ0v) is 22.5. The zero-order chi connectivity index (χ0) is 27.6. The predicted molar refractivity (Wildman–Crippen MR) is 161 cm³/mol. The van der Waals surface area contributed by atoms with Gasteiger partial charge in [0.15, 0.2) is 0 Å². The molecule has 0 unspecified atom stereocenters. The van der Waals surface area contributed by atoms with Gasteiger partial charge < -0.3 is 10.3 Å². The van der Waals surface area contributed by atoms with E-state index >= 15 is 0 Å². The van der Waals surface area contributed by atoms with E-state index in [1.165, 1.54) is 37.8 Å². The third kappa shape index (κ3) is 4.86. The molecule has 40 heavy (non-hydrogen) atoms. The lowest BCUT2D eigenvalue weighted by Gasteiger charge is -2.16. The van der Waals surface area contributed by atoms with E-state index in [9.17, 15) is 4.39 Å². The van der Waals surface area contributed by atoms with Gasteiger partial charge in [0.2, 0.25) is 0 Å². The molecule has 200 valence electrons. The molecule has 5 aromatic rings. The van der Waals surface area contributed by atoms with Crippen LogP contribution in [0.25, 0.3) is 50.2 Å². The highest BCUT2D eigenvalue weighted by molar-refractivity contribution is 5.99. The van der Waals surface area contributed by atoms with Gasteiger partial charge >= 0.3 is 0 Å². The molecule has 1 aliphatic rings. The number of hydrogen-bond acceptors (Lipinski definition) is 4. The third-order valence-electron chi connectivity index (χ3n) is 7.60. The standard InChI is InChI=1S/C33H31FN6/c1-4-21(18-25(5-2)36-20(3)22-9-6-7-10-22)27-13-14-29-32(38-27)33(40-39-29)30-19-26-28(37-30)15-16-35-31(26)23-11-8-12-24(34)17-23/h4-5,8,11-19,22,36-37H,2-3,6-7,9-10H2,1H3,(H,39,40)/b21-4+,25-18+. The smallest absolute Gasteiger partial charge is 0.135 e. The summed E-state index contributed by atoms with van der Waals surface area (Å²) >= 11 is 0. The van der Waals surface area contributed by atoms with Crippen molar-refractivity contribution in [3.8, 4) is 22.6 Å². The summed E-state index contributed by atoms with van der Waals surface area (Å²) < 4.78 is 13.9. The lowest BCUT2D eigenvalue weighted by Crippen LogP contribution is -2.16. The van der Waals surface area contributed by atoms with Gasteiger partial charge in [-0.3, -0.25) is 10.1 Å². The highest BCUT2D eigenvalue weighted by Gasteiger charge is 2.19. The molecule has 0 bridgehead atoms. The van der Waals surface area contributed by atoms with Crippen molar-refractivity contribution in [2.24, 2.45) is 5.92 Å². The van der Waals surface area contributed by atoms with Gasteiger partial charge in [-0.1, -0.05) is 44.2 Å². The molecular formula is C33H31FN6. The predicted octanol–water partition coefficient (Wildman–Crippen LogP) is 8.07. The molecule has 4 aromatic heterocycles. The molecule has 7 heteroatoms. The lowest BCUT2D eigenvalue weighted by molar-refractivity contribution is 0.607. The van der Waals surface area contributed by atoms with E-state index < -0.39 is 0 Å². The first kappa shape index (κ1) is 25.5. The number of nitrogens with zero attached hydrogens (tertiary/aromatic N) is 3. The summed E-state index contributed by atoms with van der Waals surface area (Å²) in [7, 11) is 0. The second-order valence-electron chi connectivity index (χ2n) is 10.2. The van der Waals surface area contributed by atoms with Gasteiger partial charge in [0.05, 0.1) is 22.6 Å². The van der Waals surface area contributed by atoms with Crippen LogP contribution in [0.2, 0.25) is 0 Å². The Bertz CT molecular complexity index is 1800. The maximum absolute atomic E-state index is 13.9. The van der Waals surface area contributed by atoms with E-state index in [0.717, 1.165) is 55.9 Å². The van der Waals surface area contributed by atoms with E-state index in [4.69, 9.17) is 4.98 Å². The second kappa shape index (κ2) is 10.8. The average molecular weight is 531 g/mol. The van der Waals surface area contributed by atoms with Crippen LogP contribution in [0.3, 0.4) is 0 Å². The largest absolute Gasteiger partial charge is 0.359 e. The minimum absolute atomic E-state index is 0.298. The fourth-order valence-electron chi connectivity index (χ4n) is 5.48. The number of allylic oxidation sites excluding steroid dienone is 5. The van der Waals surface area contributed by atoms with Gasteiger partial charge in [-0.25, -0.2) is 9.37 Å². The first-order valence-corrected chi connectivity index (χ1v) is 13.6. The van der Waals surface area contributed by atoms with Crippen LogP contribution in [-0.2, 0) is 0 Å². The minimum Gasteiger partial charge on any atom is -0.359 e. The van der Waals surface area contributed by atoms with Crippen LogP contribution >= 0.6 is 0 Å². The van der Waals surface area contributed by atoms with Crippen molar-refractivity contribution >= 4 is 27.5 Å². The summed E-state index contributed by atoms with van der Waals surface area (Å²) in [5, 5.41) is 12.1. The number of halogens is 1. The number of aromatic amines is 2. The van der Waals surface area contributed by atoms with Gasteiger partial charge in [-0.15, -0.1) is 0 Å². The lowest BCUT2D eigenvalue weighted by atomic mass is 10.0. The number of hydrogen-bond donors (Lipinski definition) is 3. The zero-order valence-electron chi connectivity index (χ0n) is 22.5. The number of aromatic nitrogens is 5. The molecule has 0 spiro atoms.